The van der Waals surface area contributed by atoms with Crippen LogP contribution in [0.3, 0.4) is 0 Å². The average Bonchev–Trinajstić information content (AvgIpc) is 2.52. The second-order valence-corrected chi connectivity index (χ2v) is 3.92. The van der Waals surface area contributed by atoms with Gasteiger partial charge in [0.15, 0.2) is 5.76 Å². The predicted molar refractivity (Wildman–Crippen MR) is 58.0 cm³/mol. The van der Waals surface area contributed by atoms with E-state index in [1.54, 1.807) is 0 Å². The van der Waals surface area contributed by atoms with Gasteiger partial charge >= 0.3 is 5.97 Å². The minimum absolute atomic E-state index is 0.0200. The number of hydrogen-bond donors (Lipinski definition) is 2. The molecule has 0 radical (unpaired) electrons. The van der Waals surface area contributed by atoms with Gasteiger partial charge in [-0.3, -0.25) is 4.79 Å². The number of unbranched alkanes of at least 4 members (excludes halogenated alkanes) is 3. The second-order valence-electron chi connectivity index (χ2n) is 3.92. The maximum Gasteiger partial charge on any atom is 0.337 e. The van der Waals surface area contributed by atoms with Crippen LogP contribution in [0.1, 0.15) is 32.6 Å². The van der Waals surface area contributed by atoms with E-state index in [1.165, 1.54) is 4.90 Å². The molecule has 0 unspecified atom stereocenters. The van der Waals surface area contributed by atoms with Crippen molar-refractivity contribution in [2.45, 2.75) is 32.6 Å². The van der Waals surface area contributed by atoms with E-state index in [2.05, 4.69) is 6.92 Å². The molecule has 0 aliphatic carbocycles. The molecule has 0 bridgehead atoms. The van der Waals surface area contributed by atoms with Crippen LogP contribution in [-0.2, 0) is 9.59 Å². The molecule has 1 aliphatic heterocycles. The van der Waals surface area contributed by atoms with E-state index in [-0.39, 0.29) is 12.1 Å². The van der Waals surface area contributed by atoms with Gasteiger partial charge in [0.25, 0.3) is 5.91 Å². The number of carbonyl (C=O) groups excluding carboxylic acids is 1. The molecule has 5 nitrogen and oxygen atoms in total. The fourth-order valence-electron chi connectivity index (χ4n) is 1.70. The van der Waals surface area contributed by atoms with E-state index in [0.717, 1.165) is 25.7 Å². The summed E-state index contributed by atoms with van der Waals surface area (Å²) in [5.74, 6) is -2.39. The summed E-state index contributed by atoms with van der Waals surface area (Å²) in [5, 5.41) is 18.0. The lowest BCUT2D eigenvalue weighted by atomic mass is 10.2. The molecule has 1 rings (SSSR count). The number of aliphatic hydroxyl groups is 1. The van der Waals surface area contributed by atoms with Crippen LogP contribution >= 0.6 is 0 Å². The molecule has 0 fully saturated rings. The van der Waals surface area contributed by atoms with E-state index >= 15 is 0 Å². The molecule has 5 heteroatoms. The number of amides is 1. The third-order valence-electron chi connectivity index (χ3n) is 2.66. The lowest BCUT2D eigenvalue weighted by molar-refractivity contribution is -0.133. The van der Waals surface area contributed by atoms with E-state index in [9.17, 15) is 14.7 Å². The second kappa shape index (κ2) is 5.53. The first kappa shape index (κ1) is 12.5. The first-order valence-corrected chi connectivity index (χ1v) is 5.52. The minimum atomic E-state index is -1.22. The van der Waals surface area contributed by atoms with Gasteiger partial charge < -0.3 is 15.1 Å². The minimum Gasteiger partial charge on any atom is -0.503 e. The summed E-state index contributed by atoms with van der Waals surface area (Å²) in [6, 6.07) is 0. The summed E-state index contributed by atoms with van der Waals surface area (Å²) in [4.78, 5) is 23.5. The van der Waals surface area contributed by atoms with Crippen molar-refractivity contribution in [2.75, 3.05) is 13.1 Å². The monoisotopic (exact) mass is 227 g/mol. The predicted octanol–water partition coefficient (Wildman–Crippen LogP) is 1.31. The standard InChI is InChI=1S/C11H17NO4/c1-2-3-4-5-6-12-7-8(11(15)16)9(13)10(12)14/h13H,2-7H2,1H3,(H,15,16). The molecule has 0 aromatic carbocycles. The molecule has 1 heterocycles. The highest BCUT2D eigenvalue weighted by atomic mass is 16.4. The van der Waals surface area contributed by atoms with Gasteiger partial charge in [0, 0.05) is 6.54 Å². The summed E-state index contributed by atoms with van der Waals surface area (Å²) in [6.07, 6.45) is 4.08. The molecule has 0 saturated carbocycles. The Morgan fingerprint density at radius 2 is 2.06 bits per heavy atom. The number of aliphatic hydroxyl groups excluding tert-OH is 1. The third-order valence-corrected chi connectivity index (χ3v) is 2.66. The van der Waals surface area contributed by atoms with Crippen LogP contribution in [0.15, 0.2) is 11.3 Å². The van der Waals surface area contributed by atoms with Gasteiger partial charge in [0.05, 0.1) is 6.54 Å². The first-order chi connectivity index (χ1) is 7.57. The fraction of sp³-hybridized carbons (Fsp3) is 0.636. The lowest BCUT2D eigenvalue weighted by Gasteiger charge is -2.15. The van der Waals surface area contributed by atoms with Crippen molar-refractivity contribution in [2.24, 2.45) is 0 Å². The zero-order chi connectivity index (χ0) is 12.1. The molecule has 0 saturated heterocycles. The quantitative estimate of drug-likeness (QED) is 0.670. The van der Waals surface area contributed by atoms with Crippen molar-refractivity contribution in [1.29, 1.82) is 0 Å². The Bertz CT molecular complexity index is 322. The van der Waals surface area contributed by atoms with Crippen molar-refractivity contribution < 1.29 is 19.8 Å². The van der Waals surface area contributed by atoms with E-state index < -0.39 is 17.6 Å². The first-order valence-electron chi connectivity index (χ1n) is 5.52. The van der Waals surface area contributed by atoms with Gasteiger partial charge in [-0.05, 0) is 6.42 Å². The number of aliphatic carboxylic acids is 1. The van der Waals surface area contributed by atoms with Gasteiger partial charge in [-0.25, -0.2) is 4.79 Å². The van der Waals surface area contributed by atoms with E-state index in [1.807, 2.05) is 0 Å². The number of rotatable bonds is 6. The normalized spacial score (nSPS) is 16.1. The van der Waals surface area contributed by atoms with Crippen LogP contribution in [0, 0.1) is 0 Å². The highest BCUT2D eigenvalue weighted by Crippen LogP contribution is 2.17. The van der Waals surface area contributed by atoms with Crippen LogP contribution in [0.4, 0.5) is 0 Å². The van der Waals surface area contributed by atoms with Crippen molar-refractivity contribution in [3.05, 3.63) is 11.3 Å². The van der Waals surface area contributed by atoms with E-state index in [4.69, 9.17) is 5.11 Å². The van der Waals surface area contributed by atoms with Crippen LogP contribution < -0.4 is 0 Å². The largest absolute Gasteiger partial charge is 0.503 e. The summed E-state index contributed by atoms with van der Waals surface area (Å²) >= 11 is 0. The van der Waals surface area contributed by atoms with Crippen LogP contribution in [0.2, 0.25) is 0 Å². The zero-order valence-corrected chi connectivity index (χ0v) is 9.40. The van der Waals surface area contributed by atoms with Crippen molar-refractivity contribution in [3.8, 4) is 0 Å². The highest BCUT2D eigenvalue weighted by Gasteiger charge is 2.33. The Labute approximate surface area is 94.4 Å². The summed E-state index contributed by atoms with van der Waals surface area (Å²) in [5.41, 5.74) is -0.194. The van der Waals surface area contributed by atoms with Gasteiger partial charge in [-0.2, -0.15) is 0 Å². The Kier molecular flexibility index (Phi) is 4.34. The number of carboxylic acids is 1. The Hall–Kier alpha value is -1.52. The molecule has 16 heavy (non-hydrogen) atoms. The van der Waals surface area contributed by atoms with Crippen LogP contribution in [-0.4, -0.2) is 40.1 Å². The van der Waals surface area contributed by atoms with Crippen molar-refractivity contribution in [1.82, 2.24) is 4.90 Å². The van der Waals surface area contributed by atoms with Crippen molar-refractivity contribution >= 4 is 11.9 Å². The highest BCUT2D eigenvalue weighted by molar-refractivity contribution is 6.04. The topological polar surface area (TPSA) is 77.8 Å². The summed E-state index contributed by atoms with van der Waals surface area (Å²) < 4.78 is 0. The van der Waals surface area contributed by atoms with Crippen LogP contribution in [0.25, 0.3) is 0 Å². The number of nitrogens with zero attached hydrogens (tertiary/aromatic N) is 1. The molecule has 1 aliphatic rings. The molecule has 0 atom stereocenters. The Morgan fingerprint density at radius 3 is 2.56 bits per heavy atom. The molecule has 0 aromatic rings. The van der Waals surface area contributed by atoms with Gasteiger partial charge in [-0.15, -0.1) is 0 Å². The third kappa shape index (κ3) is 2.74. The molecule has 2 N–H and O–H groups in total. The zero-order valence-electron chi connectivity index (χ0n) is 9.40. The van der Waals surface area contributed by atoms with Gasteiger partial charge in [0.1, 0.15) is 5.57 Å². The number of carbonyl (C=O) groups is 2. The molecular formula is C11H17NO4. The van der Waals surface area contributed by atoms with E-state index in [0.29, 0.717) is 6.54 Å². The molecule has 90 valence electrons. The molecule has 0 aromatic heterocycles. The van der Waals surface area contributed by atoms with Crippen LogP contribution in [0.5, 0.6) is 0 Å². The lowest BCUT2D eigenvalue weighted by Crippen LogP contribution is -2.28. The average molecular weight is 227 g/mol. The number of hydrogen-bond acceptors (Lipinski definition) is 3. The van der Waals surface area contributed by atoms with Crippen molar-refractivity contribution in [3.63, 3.8) is 0 Å². The smallest absolute Gasteiger partial charge is 0.337 e. The van der Waals surface area contributed by atoms with Gasteiger partial charge in [0.2, 0.25) is 0 Å². The molecular weight excluding hydrogens is 210 g/mol. The molecule has 1 amide bonds. The Balaban J connectivity index is 2.44. The molecule has 0 spiro atoms. The Morgan fingerprint density at radius 1 is 1.38 bits per heavy atom. The summed E-state index contributed by atoms with van der Waals surface area (Å²) in [6.45, 7) is 2.63. The maximum absolute atomic E-state index is 11.4. The SMILES string of the molecule is CCCCCCN1CC(C(=O)O)=C(O)C1=O. The van der Waals surface area contributed by atoms with Gasteiger partial charge in [-0.1, -0.05) is 26.2 Å². The fourth-order valence-corrected chi connectivity index (χ4v) is 1.70. The summed E-state index contributed by atoms with van der Waals surface area (Å²) in [7, 11) is 0. The number of carboxylic acid groups (broad SMARTS) is 1. The maximum atomic E-state index is 11.4.